The summed E-state index contributed by atoms with van der Waals surface area (Å²) >= 11 is 0. The van der Waals surface area contributed by atoms with Gasteiger partial charge in [-0.25, -0.2) is 8.78 Å². The fourth-order valence-corrected chi connectivity index (χ4v) is 0.473. The molecule has 0 bridgehead atoms. The molecule has 0 spiro atoms. The highest BCUT2D eigenvalue weighted by atomic mass is 19.3. The SMILES string of the molecule is CC(F)(F)C(=CN)C(=N)N. The third-order valence-electron chi connectivity index (χ3n) is 0.930. The maximum absolute atomic E-state index is 12.3. The van der Waals surface area contributed by atoms with Gasteiger partial charge < -0.3 is 11.5 Å². The predicted molar refractivity (Wildman–Crippen MR) is 34.8 cm³/mol. The fraction of sp³-hybridized carbons (Fsp3) is 0.400. The van der Waals surface area contributed by atoms with Crippen molar-refractivity contribution in [2.45, 2.75) is 12.8 Å². The van der Waals surface area contributed by atoms with Gasteiger partial charge in [0.1, 0.15) is 5.84 Å². The fourth-order valence-electron chi connectivity index (χ4n) is 0.473. The molecule has 3 nitrogen and oxygen atoms in total. The van der Waals surface area contributed by atoms with E-state index in [2.05, 4.69) is 0 Å². The molecule has 5 heteroatoms. The standard InChI is InChI=1S/C5H9F2N3/c1-5(6,7)3(2-8)4(9)10/h2H,8H2,1H3,(H3,9,10). The molecule has 0 aliphatic heterocycles. The van der Waals surface area contributed by atoms with Gasteiger partial charge in [-0.1, -0.05) is 0 Å². The number of amidine groups is 1. The molecule has 10 heavy (non-hydrogen) atoms. The van der Waals surface area contributed by atoms with Gasteiger partial charge in [-0.2, -0.15) is 0 Å². The summed E-state index contributed by atoms with van der Waals surface area (Å²) in [7, 11) is 0. The molecule has 0 aromatic carbocycles. The average Bonchev–Trinajstić information content (AvgIpc) is 1.60. The molecule has 58 valence electrons. The van der Waals surface area contributed by atoms with Crippen LogP contribution in [0.15, 0.2) is 11.8 Å². The summed E-state index contributed by atoms with van der Waals surface area (Å²) < 4.78 is 24.5. The van der Waals surface area contributed by atoms with Crippen LogP contribution < -0.4 is 11.5 Å². The highest BCUT2D eigenvalue weighted by Crippen LogP contribution is 2.21. The molecule has 0 rings (SSSR count). The molecule has 0 heterocycles. The van der Waals surface area contributed by atoms with Gasteiger partial charge in [0, 0.05) is 13.1 Å². The zero-order chi connectivity index (χ0) is 8.36. The van der Waals surface area contributed by atoms with Crippen LogP contribution in [0, 0.1) is 5.41 Å². The van der Waals surface area contributed by atoms with Crippen molar-refractivity contribution in [1.82, 2.24) is 0 Å². The van der Waals surface area contributed by atoms with E-state index in [1.165, 1.54) is 0 Å². The molecular formula is C5H9F2N3. The van der Waals surface area contributed by atoms with E-state index in [-0.39, 0.29) is 0 Å². The molecule has 0 saturated heterocycles. The molecule has 0 atom stereocenters. The average molecular weight is 149 g/mol. The molecule has 0 aromatic rings. The van der Waals surface area contributed by atoms with Crippen molar-refractivity contribution in [2.24, 2.45) is 11.5 Å². The van der Waals surface area contributed by atoms with E-state index in [1.54, 1.807) is 0 Å². The van der Waals surface area contributed by atoms with E-state index < -0.39 is 17.3 Å². The number of halogens is 2. The minimum Gasteiger partial charge on any atom is -0.404 e. The summed E-state index contributed by atoms with van der Waals surface area (Å²) in [5, 5.41) is 6.66. The molecule has 0 aliphatic rings. The molecular weight excluding hydrogens is 140 g/mol. The normalized spacial score (nSPS) is 13.3. The Bertz CT molecular complexity index is 168. The van der Waals surface area contributed by atoms with Gasteiger partial charge in [-0.15, -0.1) is 0 Å². The Balaban J connectivity index is 4.56. The van der Waals surface area contributed by atoms with Crippen LogP contribution in [0.2, 0.25) is 0 Å². The van der Waals surface area contributed by atoms with E-state index in [4.69, 9.17) is 16.9 Å². The lowest BCUT2D eigenvalue weighted by Gasteiger charge is -2.11. The maximum Gasteiger partial charge on any atom is 0.275 e. The van der Waals surface area contributed by atoms with Crippen LogP contribution >= 0.6 is 0 Å². The van der Waals surface area contributed by atoms with Crippen LogP contribution in [0.5, 0.6) is 0 Å². The Hall–Kier alpha value is -1.13. The quantitative estimate of drug-likeness (QED) is 0.393. The van der Waals surface area contributed by atoms with Crippen molar-refractivity contribution in [3.63, 3.8) is 0 Å². The second kappa shape index (κ2) is 2.64. The topological polar surface area (TPSA) is 75.9 Å². The zero-order valence-electron chi connectivity index (χ0n) is 5.49. The van der Waals surface area contributed by atoms with Crippen LogP contribution in [-0.4, -0.2) is 11.8 Å². The first-order chi connectivity index (χ1) is 4.39. The highest BCUT2D eigenvalue weighted by molar-refractivity contribution is 5.95. The first kappa shape index (κ1) is 8.87. The maximum atomic E-state index is 12.3. The van der Waals surface area contributed by atoms with E-state index in [0.29, 0.717) is 13.1 Å². The van der Waals surface area contributed by atoms with E-state index >= 15 is 0 Å². The third-order valence-corrected chi connectivity index (χ3v) is 0.930. The Kier molecular flexibility index (Phi) is 2.34. The molecule has 0 aliphatic carbocycles. The molecule has 0 amide bonds. The predicted octanol–water partition coefficient (Wildman–Crippen LogP) is 0.420. The minimum absolute atomic E-state index is 0.632. The number of rotatable bonds is 2. The third kappa shape index (κ3) is 2.00. The van der Waals surface area contributed by atoms with E-state index in [9.17, 15) is 8.78 Å². The first-order valence-electron chi connectivity index (χ1n) is 2.54. The number of alkyl halides is 2. The Morgan fingerprint density at radius 2 is 2.00 bits per heavy atom. The molecule has 0 saturated carbocycles. The van der Waals surface area contributed by atoms with E-state index in [0.717, 1.165) is 0 Å². The smallest absolute Gasteiger partial charge is 0.275 e. The van der Waals surface area contributed by atoms with Gasteiger partial charge in [0.05, 0.1) is 5.57 Å². The summed E-state index contributed by atoms with van der Waals surface area (Å²) in [6.07, 6.45) is 0.641. The van der Waals surface area contributed by atoms with E-state index in [1.807, 2.05) is 0 Å². The van der Waals surface area contributed by atoms with Gasteiger partial charge in [-0.05, 0) is 0 Å². The van der Waals surface area contributed by atoms with Gasteiger partial charge in [0.25, 0.3) is 5.92 Å². The van der Waals surface area contributed by atoms with Crippen LogP contribution in [0.4, 0.5) is 8.78 Å². The highest BCUT2D eigenvalue weighted by Gasteiger charge is 2.29. The Labute approximate surface area is 57.2 Å². The minimum atomic E-state index is -3.12. The molecule has 5 N–H and O–H groups in total. The largest absolute Gasteiger partial charge is 0.404 e. The van der Waals surface area contributed by atoms with Crippen molar-refractivity contribution in [2.75, 3.05) is 0 Å². The van der Waals surface area contributed by atoms with Gasteiger partial charge in [-0.3, -0.25) is 5.41 Å². The van der Waals surface area contributed by atoms with Crippen LogP contribution in [0.25, 0.3) is 0 Å². The number of hydrogen-bond acceptors (Lipinski definition) is 2. The Morgan fingerprint density at radius 1 is 1.60 bits per heavy atom. The number of nitrogens with one attached hydrogen (secondary N) is 1. The number of hydrogen-bond donors (Lipinski definition) is 3. The first-order valence-corrected chi connectivity index (χ1v) is 2.54. The summed E-state index contributed by atoms with van der Waals surface area (Å²) in [6.45, 7) is 0.632. The van der Waals surface area contributed by atoms with Crippen molar-refractivity contribution in [3.8, 4) is 0 Å². The van der Waals surface area contributed by atoms with Gasteiger partial charge in [0.15, 0.2) is 0 Å². The second-order valence-electron chi connectivity index (χ2n) is 1.88. The lowest BCUT2D eigenvalue weighted by molar-refractivity contribution is 0.0696. The lowest BCUT2D eigenvalue weighted by Crippen LogP contribution is -2.27. The molecule has 0 fully saturated rings. The summed E-state index contributed by atoms with van der Waals surface area (Å²) in [5.41, 5.74) is 8.94. The van der Waals surface area contributed by atoms with Crippen molar-refractivity contribution in [1.29, 1.82) is 5.41 Å². The molecule has 0 unspecified atom stereocenters. The van der Waals surface area contributed by atoms with Crippen LogP contribution in [-0.2, 0) is 0 Å². The van der Waals surface area contributed by atoms with Gasteiger partial charge in [0.2, 0.25) is 0 Å². The molecule has 0 radical (unpaired) electrons. The monoisotopic (exact) mass is 149 g/mol. The molecule has 0 aromatic heterocycles. The lowest BCUT2D eigenvalue weighted by atomic mass is 10.1. The van der Waals surface area contributed by atoms with Crippen molar-refractivity contribution in [3.05, 3.63) is 11.8 Å². The van der Waals surface area contributed by atoms with Crippen molar-refractivity contribution < 1.29 is 8.78 Å². The van der Waals surface area contributed by atoms with Crippen molar-refractivity contribution >= 4 is 5.84 Å². The second-order valence-corrected chi connectivity index (χ2v) is 1.88. The Morgan fingerprint density at radius 3 is 2.00 bits per heavy atom. The summed E-state index contributed by atoms with van der Waals surface area (Å²) in [6, 6.07) is 0. The zero-order valence-corrected chi connectivity index (χ0v) is 5.49. The van der Waals surface area contributed by atoms with Gasteiger partial charge >= 0.3 is 0 Å². The summed E-state index contributed by atoms with van der Waals surface area (Å²) in [5.74, 6) is -3.82. The number of nitrogens with two attached hydrogens (primary N) is 2. The van der Waals surface area contributed by atoms with Crippen LogP contribution in [0.1, 0.15) is 6.92 Å². The van der Waals surface area contributed by atoms with Crippen LogP contribution in [0.3, 0.4) is 0 Å². The summed E-state index contributed by atoms with van der Waals surface area (Å²) in [4.78, 5) is 0.